The van der Waals surface area contributed by atoms with Gasteiger partial charge in [0.25, 0.3) is 0 Å². The molecule has 8 aliphatic rings. The zero-order valence-corrected chi connectivity index (χ0v) is 31.6. The molecule has 15 nitrogen and oxygen atoms in total. The Labute approximate surface area is 315 Å². The van der Waals surface area contributed by atoms with Crippen LogP contribution in [0.2, 0.25) is 0 Å². The molecule has 0 aromatic carbocycles. The van der Waals surface area contributed by atoms with Crippen molar-refractivity contribution < 1.29 is 74.1 Å². The molecule has 3 saturated carbocycles. The number of ether oxygens (including phenoxy) is 6. The van der Waals surface area contributed by atoms with E-state index in [4.69, 9.17) is 28.4 Å². The predicted molar refractivity (Wildman–Crippen MR) is 185 cm³/mol. The molecular weight excluding hydrogens is 708 g/mol. The van der Waals surface area contributed by atoms with Crippen LogP contribution in [0.5, 0.6) is 0 Å². The molecule has 22 atom stereocenters. The van der Waals surface area contributed by atoms with Crippen molar-refractivity contribution in [3.05, 3.63) is 11.6 Å². The highest BCUT2D eigenvalue weighted by molar-refractivity contribution is 5.87. The molecule has 15 heteroatoms. The lowest BCUT2D eigenvalue weighted by molar-refractivity contribution is -0.359. The minimum Gasteiger partial charge on any atom is -0.396 e. The largest absolute Gasteiger partial charge is 0.396 e. The summed E-state index contributed by atoms with van der Waals surface area (Å²) in [7, 11) is 0. The number of allylic oxidation sites excluding steroid dienone is 1. The van der Waals surface area contributed by atoms with Gasteiger partial charge in [-0.2, -0.15) is 0 Å². The first-order valence-electron chi connectivity index (χ1n) is 20.1. The normalized spacial score (nSPS) is 57.2. The Morgan fingerprint density at radius 3 is 2.28 bits per heavy atom. The van der Waals surface area contributed by atoms with Gasteiger partial charge in [0.05, 0.1) is 31.5 Å². The number of ketones is 1. The topological polar surface area (TPSA) is 234 Å². The molecule has 0 aromatic rings. The first-order valence-corrected chi connectivity index (χ1v) is 20.1. The number of carbonyl (C=O) groups is 1. The Morgan fingerprint density at radius 1 is 0.852 bits per heavy atom. The van der Waals surface area contributed by atoms with E-state index in [0.717, 1.165) is 19.3 Å². The summed E-state index contributed by atoms with van der Waals surface area (Å²) in [6, 6.07) is 0. The van der Waals surface area contributed by atoms with Gasteiger partial charge in [-0.3, -0.25) is 4.79 Å². The van der Waals surface area contributed by atoms with Crippen LogP contribution in [0.15, 0.2) is 11.6 Å². The third-order valence-electron chi connectivity index (χ3n) is 15.6. The van der Waals surface area contributed by atoms with Crippen LogP contribution in [0.3, 0.4) is 0 Å². The van der Waals surface area contributed by atoms with E-state index in [0.29, 0.717) is 38.2 Å². The fraction of sp³-hybridized carbons (Fsp3) is 0.923. The van der Waals surface area contributed by atoms with Crippen LogP contribution in [0.25, 0.3) is 0 Å². The molecule has 0 radical (unpaired) electrons. The van der Waals surface area contributed by atoms with Crippen LogP contribution >= 0.6 is 0 Å². The maximum absolute atomic E-state index is 14.5. The van der Waals surface area contributed by atoms with Gasteiger partial charge in [0.2, 0.25) is 0 Å². The van der Waals surface area contributed by atoms with E-state index in [-0.39, 0.29) is 59.6 Å². The van der Waals surface area contributed by atoms with Crippen molar-refractivity contribution >= 4 is 5.78 Å². The molecule has 306 valence electrons. The average molecular weight is 769 g/mol. The fourth-order valence-electron chi connectivity index (χ4n) is 12.5. The Kier molecular flexibility index (Phi) is 10.5. The summed E-state index contributed by atoms with van der Waals surface area (Å²) in [6.45, 7) is 7.71. The zero-order valence-electron chi connectivity index (χ0n) is 31.6. The highest BCUT2D eigenvalue weighted by Crippen LogP contribution is 2.69. The molecule has 8 rings (SSSR count). The summed E-state index contributed by atoms with van der Waals surface area (Å²) in [5, 5.41) is 83.4. The number of carbonyl (C=O) groups excluding carboxylic acids is 1. The van der Waals surface area contributed by atoms with Gasteiger partial charge in [-0.25, -0.2) is 0 Å². The Balaban J connectivity index is 0.921. The van der Waals surface area contributed by atoms with Crippen molar-refractivity contribution in [3.8, 4) is 0 Å². The Bertz CT molecular complexity index is 1440. The van der Waals surface area contributed by atoms with Crippen LogP contribution in [-0.4, -0.2) is 152 Å². The van der Waals surface area contributed by atoms with Crippen LogP contribution in [0.1, 0.15) is 72.6 Å². The van der Waals surface area contributed by atoms with E-state index in [2.05, 4.69) is 26.8 Å². The van der Waals surface area contributed by atoms with E-state index in [9.17, 15) is 45.6 Å². The van der Waals surface area contributed by atoms with E-state index < -0.39 is 85.3 Å². The van der Waals surface area contributed by atoms with Crippen molar-refractivity contribution in [2.75, 3.05) is 19.8 Å². The summed E-state index contributed by atoms with van der Waals surface area (Å²) in [5.74, 6) is -0.686. The van der Waals surface area contributed by atoms with Crippen molar-refractivity contribution in [3.63, 3.8) is 0 Å². The first kappa shape index (κ1) is 39.7. The second kappa shape index (κ2) is 14.3. The molecule has 4 saturated heterocycles. The third-order valence-corrected chi connectivity index (χ3v) is 15.6. The van der Waals surface area contributed by atoms with Gasteiger partial charge < -0.3 is 69.3 Å². The smallest absolute Gasteiger partial charge is 0.197 e. The number of fused-ring (bicyclic) bond motifs is 7. The molecular formula is C39H60O15. The average Bonchev–Trinajstić information content (AvgIpc) is 3.61. The standard InChI is InChI=1S/C39H60O15/c1-16-28-24(54-39(16)27(43)9-18(13-40)15-49-39)11-23-21-6-5-19-10-20(7-8-37(19,3)22(21)12-26(42)38(23,28)4)51-35-33(48)31(46)34(17(2)50-35)53-36-32(47)30(45)29(44)25(14-41)52-36/h5,16-18,20-25,27-36,40-41,43-48H,6-15H2,1-4H3/t16-,17-,18-,20-,21+,22-,23-,24-,25-,27+,28-,29+,30-,31+,32-,33-,34-,35-,36-,37-,38+,39-/m0/s1. The maximum atomic E-state index is 14.5. The number of hydrogen-bond acceptors (Lipinski definition) is 15. The van der Waals surface area contributed by atoms with Crippen LogP contribution in [0.4, 0.5) is 0 Å². The summed E-state index contributed by atoms with van der Waals surface area (Å²) in [5.41, 5.74) is 0.429. The highest BCUT2D eigenvalue weighted by atomic mass is 16.7. The molecule has 0 aromatic heterocycles. The second-order valence-electron chi connectivity index (χ2n) is 18.2. The number of hydrogen-bond donors (Lipinski definition) is 8. The summed E-state index contributed by atoms with van der Waals surface area (Å²) in [4.78, 5) is 14.5. The fourth-order valence-corrected chi connectivity index (χ4v) is 12.5. The summed E-state index contributed by atoms with van der Waals surface area (Å²) in [6.07, 6.45) is -8.36. The van der Waals surface area contributed by atoms with E-state index in [1.54, 1.807) is 6.92 Å². The zero-order chi connectivity index (χ0) is 38.6. The van der Waals surface area contributed by atoms with Crippen molar-refractivity contribution in [1.82, 2.24) is 0 Å². The number of rotatable bonds is 6. The van der Waals surface area contributed by atoms with E-state index >= 15 is 0 Å². The van der Waals surface area contributed by atoms with Crippen LogP contribution in [0, 0.1) is 46.3 Å². The molecule has 0 bridgehead atoms. The quantitative estimate of drug-likeness (QED) is 0.159. The lowest BCUT2D eigenvalue weighted by atomic mass is 9.46. The molecule has 0 amide bonds. The minimum atomic E-state index is -1.68. The number of aliphatic hydroxyl groups excluding tert-OH is 8. The molecule has 0 unspecified atom stereocenters. The van der Waals surface area contributed by atoms with Crippen LogP contribution < -0.4 is 0 Å². The van der Waals surface area contributed by atoms with Gasteiger partial charge in [-0.15, -0.1) is 0 Å². The van der Waals surface area contributed by atoms with E-state index in [1.165, 1.54) is 5.57 Å². The van der Waals surface area contributed by atoms with Crippen LogP contribution in [-0.2, 0) is 33.2 Å². The Morgan fingerprint density at radius 2 is 1.57 bits per heavy atom. The van der Waals surface area contributed by atoms with Crippen molar-refractivity contribution in [2.24, 2.45) is 46.3 Å². The van der Waals surface area contributed by atoms with Gasteiger partial charge in [-0.05, 0) is 68.6 Å². The molecule has 8 N–H and O–H groups in total. The van der Waals surface area contributed by atoms with E-state index in [1.807, 2.05) is 0 Å². The van der Waals surface area contributed by atoms with Crippen molar-refractivity contribution in [1.29, 1.82) is 0 Å². The SMILES string of the molecule is C[C@@H]1O[C@@H](O[C@H]2CC[C@@]3(C)C(=CC[C@H]4[C@@H]5C[C@@H]6O[C@@]7(OC[C@H](CO)C[C@H]7O)[C@@H](C)[C@@H]6[C@@]5(C)C(=O)C[C@@H]43)C2)[C@@H](O)[C@@H](O)[C@H]1O[C@@H]1O[C@@H](CO)[C@@H](O)[C@H](O)[C@@H]1O. The molecule has 4 heterocycles. The summed E-state index contributed by atoms with van der Waals surface area (Å²) < 4.78 is 36.5. The second-order valence-corrected chi connectivity index (χ2v) is 18.2. The van der Waals surface area contributed by atoms with Gasteiger partial charge in [0, 0.05) is 36.2 Å². The molecule has 4 aliphatic carbocycles. The number of aliphatic hydroxyl groups is 8. The molecule has 54 heavy (non-hydrogen) atoms. The first-order chi connectivity index (χ1) is 25.6. The lowest BCUT2D eigenvalue weighted by Gasteiger charge is -2.58. The molecule has 4 aliphatic heterocycles. The summed E-state index contributed by atoms with van der Waals surface area (Å²) >= 11 is 0. The van der Waals surface area contributed by atoms with Gasteiger partial charge in [0.15, 0.2) is 18.4 Å². The molecule has 1 spiro atoms. The van der Waals surface area contributed by atoms with Crippen molar-refractivity contribution in [2.45, 2.75) is 158 Å². The molecule has 7 fully saturated rings. The Hall–Kier alpha value is -1.15. The predicted octanol–water partition coefficient (Wildman–Crippen LogP) is -0.488. The van der Waals surface area contributed by atoms with Gasteiger partial charge >= 0.3 is 0 Å². The van der Waals surface area contributed by atoms with Gasteiger partial charge in [-0.1, -0.05) is 32.4 Å². The minimum absolute atomic E-state index is 0.0531. The number of Topliss-reactive ketones (excluding diaryl/α,β-unsaturated/α-hetero) is 1. The third kappa shape index (κ3) is 5.86. The van der Waals surface area contributed by atoms with Gasteiger partial charge in [0.1, 0.15) is 54.6 Å². The maximum Gasteiger partial charge on any atom is 0.197 e. The lowest BCUT2D eigenvalue weighted by Crippen LogP contribution is -2.64. The highest BCUT2D eigenvalue weighted by Gasteiger charge is 2.73. The monoisotopic (exact) mass is 768 g/mol.